The van der Waals surface area contributed by atoms with Gasteiger partial charge in [-0.2, -0.15) is 8.42 Å². The number of imidazole rings is 1. The second-order valence-electron chi connectivity index (χ2n) is 4.98. The first kappa shape index (κ1) is 15.0. The van der Waals surface area contributed by atoms with Gasteiger partial charge in [0.1, 0.15) is 0 Å². The molecule has 5 nitrogen and oxygen atoms in total. The minimum absolute atomic E-state index is 0.126. The van der Waals surface area contributed by atoms with Crippen molar-refractivity contribution in [3.05, 3.63) is 30.6 Å². The molecule has 0 unspecified atom stereocenters. The van der Waals surface area contributed by atoms with E-state index >= 15 is 0 Å². The van der Waals surface area contributed by atoms with Crippen molar-refractivity contribution in [2.24, 2.45) is 0 Å². The summed E-state index contributed by atoms with van der Waals surface area (Å²) in [5.74, 6) is -0.126. The van der Waals surface area contributed by atoms with Crippen molar-refractivity contribution in [3.63, 3.8) is 0 Å². The Balaban J connectivity index is 1.66. The van der Waals surface area contributed by atoms with E-state index < -0.39 is 10.1 Å². The summed E-state index contributed by atoms with van der Waals surface area (Å²) in [7, 11) is -3.79. The molecule has 1 heterocycles. The van der Waals surface area contributed by atoms with E-state index in [0.29, 0.717) is 6.42 Å². The Hall–Kier alpha value is -1.40. The van der Waals surface area contributed by atoms with Crippen LogP contribution in [0, 0.1) is 0 Å². The fraction of sp³-hybridized carbons (Fsp3) is 0.500. The summed E-state index contributed by atoms with van der Waals surface area (Å²) in [5, 5.41) is 0. The van der Waals surface area contributed by atoms with Gasteiger partial charge in [-0.3, -0.25) is 4.55 Å². The van der Waals surface area contributed by atoms with Crippen molar-refractivity contribution in [1.82, 2.24) is 9.55 Å². The van der Waals surface area contributed by atoms with Crippen molar-refractivity contribution in [1.29, 1.82) is 0 Å². The van der Waals surface area contributed by atoms with Gasteiger partial charge >= 0.3 is 0 Å². The third-order valence-corrected chi connectivity index (χ3v) is 4.13. The molecular formula is C14H20N2O3S. The van der Waals surface area contributed by atoms with E-state index in [1.165, 1.54) is 0 Å². The maximum atomic E-state index is 10.5. The van der Waals surface area contributed by atoms with E-state index in [0.717, 1.165) is 43.3 Å². The Morgan fingerprint density at radius 3 is 2.55 bits per heavy atom. The molecule has 0 amide bonds. The number of rotatable bonds is 8. The van der Waals surface area contributed by atoms with Crippen molar-refractivity contribution in [3.8, 4) is 0 Å². The summed E-state index contributed by atoms with van der Waals surface area (Å²) < 4.78 is 31.8. The Labute approximate surface area is 119 Å². The monoisotopic (exact) mass is 296 g/mol. The highest BCUT2D eigenvalue weighted by Gasteiger charge is 2.03. The molecule has 6 heteroatoms. The standard InChI is InChI=1S/C14H20N2O3S/c17-20(18,19)11-7-3-1-2-6-10-16-12-15-13-8-4-5-9-14(13)16/h4-5,8-9,12H,1-3,6-7,10-11H2,(H,17,18,19). The zero-order valence-corrected chi connectivity index (χ0v) is 12.2. The number of unbranched alkanes of at least 4 members (excludes halogenated alkanes) is 4. The van der Waals surface area contributed by atoms with Gasteiger partial charge < -0.3 is 4.57 Å². The topological polar surface area (TPSA) is 72.2 Å². The van der Waals surface area contributed by atoms with Gasteiger partial charge in [0.05, 0.1) is 23.1 Å². The van der Waals surface area contributed by atoms with Crippen LogP contribution in [0.1, 0.15) is 32.1 Å². The highest BCUT2D eigenvalue weighted by molar-refractivity contribution is 7.85. The van der Waals surface area contributed by atoms with Crippen LogP contribution >= 0.6 is 0 Å². The number of aryl methyl sites for hydroxylation is 1. The molecule has 2 aromatic rings. The number of aromatic nitrogens is 2. The largest absolute Gasteiger partial charge is 0.331 e. The minimum atomic E-state index is -3.79. The predicted molar refractivity (Wildman–Crippen MR) is 79.2 cm³/mol. The van der Waals surface area contributed by atoms with Gasteiger partial charge in [0.2, 0.25) is 0 Å². The van der Waals surface area contributed by atoms with Gasteiger partial charge in [-0.1, -0.05) is 31.4 Å². The second-order valence-corrected chi connectivity index (χ2v) is 6.55. The average Bonchev–Trinajstić information content (AvgIpc) is 2.80. The number of benzene rings is 1. The Morgan fingerprint density at radius 2 is 1.75 bits per heavy atom. The molecule has 20 heavy (non-hydrogen) atoms. The molecule has 0 fully saturated rings. The SMILES string of the molecule is O=S(=O)(O)CCCCCCCn1cnc2ccccc21. The highest BCUT2D eigenvalue weighted by Crippen LogP contribution is 2.13. The number of para-hydroxylation sites is 2. The summed E-state index contributed by atoms with van der Waals surface area (Å²) >= 11 is 0. The van der Waals surface area contributed by atoms with Crippen LogP contribution in [0.25, 0.3) is 11.0 Å². The van der Waals surface area contributed by atoms with Crippen LogP contribution in [0.3, 0.4) is 0 Å². The van der Waals surface area contributed by atoms with Gasteiger partial charge in [-0.15, -0.1) is 0 Å². The summed E-state index contributed by atoms with van der Waals surface area (Å²) in [6, 6.07) is 8.06. The van der Waals surface area contributed by atoms with Crippen LogP contribution in [-0.4, -0.2) is 28.3 Å². The highest BCUT2D eigenvalue weighted by atomic mass is 32.2. The number of nitrogens with zero attached hydrogens (tertiary/aromatic N) is 2. The van der Waals surface area contributed by atoms with Gasteiger partial charge in [0.25, 0.3) is 10.1 Å². The van der Waals surface area contributed by atoms with E-state index in [-0.39, 0.29) is 5.75 Å². The molecule has 1 aromatic heterocycles. The van der Waals surface area contributed by atoms with Gasteiger partial charge in [-0.25, -0.2) is 4.98 Å². The Bertz CT molecular complexity index is 649. The molecule has 110 valence electrons. The molecule has 0 aliphatic heterocycles. The van der Waals surface area contributed by atoms with Crippen molar-refractivity contribution in [2.45, 2.75) is 38.6 Å². The zero-order valence-electron chi connectivity index (χ0n) is 11.4. The normalized spacial score (nSPS) is 12.1. The van der Waals surface area contributed by atoms with Gasteiger partial charge in [0, 0.05) is 6.54 Å². The van der Waals surface area contributed by atoms with Crippen molar-refractivity contribution >= 4 is 21.2 Å². The molecule has 0 spiro atoms. The quantitative estimate of drug-likeness (QED) is 0.600. The lowest BCUT2D eigenvalue weighted by molar-refractivity contribution is 0.478. The van der Waals surface area contributed by atoms with E-state index in [1.54, 1.807) is 0 Å². The Kier molecular flexibility index (Phi) is 5.14. The van der Waals surface area contributed by atoms with Crippen LogP contribution in [0.5, 0.6) is 0 Å². The molecule has 0 bridgehead atoms. The van der Waals surface area contributed by atoms with E-state index in [4.69, 9.17) is 4.55 Å². The van der Waals surface area contributed by atoms with Gasteiger partial charge in [-0.05, 0) is 25.0 Å². The average molecular weight is 296 g/mol. The summed E-state index contributed by atoms with van der Waals surface area (Å²) in [4.78, 5) is 4.34. The van der Waals surface area contributed by atoms with Crippen LogP contribution in [0.2, 0.25) is 0 Å². The summed E-state index contributed by atoms with van der Waals surface area (Å²) in [6.07, 6.45) is 6.33. The lowest BCUT2D eigenvalue weighted by Gasteiger charge is -2.04. The van der Waals surface area contributed by atoms with E-state index in [9.17, 15) is 8.42 Å². The van der Waals surface area contributed by atoms with Crippen molar-refractivity contribution in [2.75, 3.05) is 5.75 Å². The summed E-state index contributed by atoms with van der Waals surface area (Å²) in [6.45, 7) is 0.929. The molecule has 0 saturated carbocycles. The fourth-order valence-corrected chi connectivity index (χ4v) is 2.85. The maximum Gasteiger partial charge on any atom is 0.264 e. The van der Waals surface area contributed by atoms with E-state index in [2.05, 4.69) is 15.6 Å². The number of fused-ring (bicyclic) bond motifs is 1. The second kappa shape index (κ2) is 6.85. The summed E-state index contributed by atoms with van der Waals surface area (Å²) in [5.41, 5.74) is 2.17. The molecule has 0 atom stereocenters. The molecule has 0 aliphatic rings. The molecule has 0 saturated heterocycles. The zero-order chi connectivity index (χ0) is 14.4. The molecule has 1 aromatic carbocycles. The van der Waals surface area contributed by atoms with Crippen LogP contribution in [-0.2, 0) is 16.7 Å². The first-order valence-corrected chi connectivity index (χ1v) is 8.52. The van der Waals surface area contributed by atoms with Gasteiger partial charge in [0.15, 0.2) is 0 Å². The third-order valence-electron chi connectivity index (χ3n) is 3.33. The molecule has 2 rings (SSSR count). The lowest BCUT2D eigenvalue weighted by Crippen LogP contribution is -2.03. The maximum absolute atomic E-state index is 10.5. The molecule has 0 aliphatic carbocycles. The minimum Gasteiger partial charge on any atom is -0.331 e. The fourth-order valence-electron chi connectivity index (χ4n) is 2.29. The number of hydrogen-bond donors (Lipinski definition) is 1. The Morgan fingerprint density at radius 1 is 1.05 bits per heavy atom. The smallest absolute Gasteiger partial charge is 0.264 e. The number of hydrogen-bond acceptors (Lipinski definition) is 3. The molecular weight excluding hydrogens is 276 g/mol. The third kappa shape index (κ3) is 4.61. The first-order chi connectivity index (χ1) is 9.56. The lowest BCUT2D eigenvalue weighted by atomic mass is 10.1. The first-order valence-electron chi connectivity index (χ1n) is 6.91. The van der Waals surface area contributed by atoms with Crippen LogP contribution in [0.4, 0.5) is 0 Å². The van der Waals surface area contributed by atoms with E-state index in [1.807, 2.05) is 24.5 Å². The molecule has 0 radical (unpaired) electrons. The van der Waals surface area contributed by atoms with Crippen molar-refractivity contribution < 1.29 is 13.0 Å². The van der Waals surface area contributed by atoms with Crippen LogP contribution < -0.4 is 0 Å². The molecule has 1 N–H and O–H groups in total. The van der Waals surface area contributed by atoms with Crippen LogP contribution in [0.15, 0.2) is 30.6 Å². The predicted octanol–water partition coefficient (Wildman–Crippen LogP) is 2.87.